The van der Waals surface area contributed by atoms with Gasteiger partial charge in [-0.05, 0) is 85.5 Å². The second-order valence-electron chi connectivity index (χ2n) is 9.67. The number of fused-ring (bicyclic) bond motifs is 1. The fraction of sp³-hybridized carbons (Fsp3) is 0.152. The number of nitrogens with zero attached hydrogens (tertiary/aromatic N) is 1. The van der Waals surface area contributed by atoms with Crippen molar-refractivity contribution in [1.82, 2.24) is 9.88 Å². The van der Waals surface area contributed by atoms with Gasteiger partial charge >= 0.3 is 5.97 Å². The molecule has 4 aromatic rings. The van der Waals surface area contributed by atoms with Crippen molar-refractivity contribution in [2.24, 2.45) is 0 Å². The number of aromatic nitrogens is 1. The van der Waals surface area contributed by atoms with E-state index in [4.69, 9.17) is 0 Å². The van der Waals surface area contributed by atoms with E-state index in [1.54, 1.807) is 12.2 Å². The van der Waals surface area contributed by atoms with Crippen LogP contribution in [0, 0.1) is 13.8 Å². The number of hydrogen-bond acceptors (Lipinski definition) is 2. The van der Waals surface area contributed by atoms with E-state index in [1.165, 1.54) is 0 Å². The maximum Gasteiger partial charge on any atom is 0.344 e. The zero-order valence-electron chi connectivity index (χ0n) is 21.9. The number of aryl methyl sites for hydroxylation is 1. The fourth-order valence-electron chi connectivity index (χ4n) is 4.88. The van der Waals surface area contributed by atoms with Crippen molar-refractivity contribution >= 4 is 44.3 Å². The number of allylic oxidation sites excluding steroid dienone is 2. The molecule has 2 N–H and O–H groups in total. The topological polar surface area (TPSA) is 71.3 Å². The predicted molar refractivity (Wildman–Crippen MR) is 158 cm³/mol. The van der Waals surface area contributed by atoms with Gasteiger partial charge in [-0.2, -0.15) is 0 Å². The maximum atomic E-state index is 13.1. The Balaban J connectivity index is 1.37. The molecule has 194 valence electrons. The van der Waals surface area contributed by atoms with Crippen LogP contribution in [0.25, 0.3) is 16.5 Å². The molecule has 1 amide bonds. The number of carbonyl (C=O) groups excluding carboxylic acids is 1. The molecule has 0 aliphatic heterocycles. The molecule has 0 fully saturated rings. The summed E-state index contributed by atoms with van der Waals surface area (Å²) in [5, 5.41) is 13.6. The van der Waals surface area contributed by atoms with Crippen molar-refractivity contribution in [3.8, 4) is 0 Å². The number of halogens is 1. The zero-order chi connectivity index (χ0) is 27.7. The lowest BCUT2D eigenvalue weighted by molar-refractivity contribution is -0.132. The van der Waals surface area contributed by atoms with Crippen LogP contribution in [0.3, 0.4) is 0 Å². The predicted octanol–water partition coefficient (Wildman–Crippen LogP) is 7.28. The lowest BCUT2D eigenvalue weighted by Crippen LogP contribution is -2.26. The molecule has 6 heteroatoms. The summed E-state index contributed by atoms with van der Waals surface area (Å²) < 4.78 is 3.25. The molecule has 1 aliphatic carbocycles. The first-order valence-electron chi connectivity index (χ1n) is 12.6. The van der Waals surface area contributed by atoms with Crippen molar-refractivity contribution in [3.63, 3.8) is 0 Å². The molecule has 1 atom stereocenters. The Labute approximate surface area is 235 Å². The highest BCUT2D eigenvalue weighted by Crippen LogP contribution is 2.29. The highest BCUT2D eigenvalue weighted by Gasteiger charge is 2.18. The van der Waals surface area contributed by atoms with Gasteiger partial charge in [-0.15, -0.1) is 0 Å². The van der Waals surface area contributed by atoms with Gasteiger partial charge in [0.1, 0.15) is 5.57 Å². The quantitative estimate of drug-likeness (QED) is 0.226. The van der Waals surface area contributed by atoms with Gasteiger partial charge in [-0.25, -0.2) is 4.79 Å². The summed E-state index contributed by atoms with van der Waals surface area (Å²) in [6, 6.07) is 21.6. The molecule has 0 saturated carbocycles. The third-order valence-corrected chi connectivity index (χ3v) is 7.77. The van der Waals surface area contributed by atoms with Crippen molar-refractivity contribution in [1.29, 1.82) is 0 Å². The van der Waals surface area contributed by atoms with Crippen LogP contribution in [0.1, 0.15) is 51.3 Å². The smallest absolute Gasteiger partial charge is 0.344 e. The van der Waals surface area contributed by atoms with Gasteiger partial charge in [0, 0.05) is 38.8 Å². The molecule has 0 bridgehead atoms. The molecule has 1 unspecified atom stereocenters. The molecule has 0 saturated heterocycles. The summed E-state index contributed by atoms with van der Waals surface area (Å²) in [6.07, 6.45) is 3.42. The number of carbonyl (C=O) groups is 2. The Kier molecular flexibility index (Phi) is 7.28. The minimum atomic E-state index is -1.02. The molecule has 5 rings (SSSR count). The van der Waals surface area contributed by atoms with Crippen LogP contribution >= 0.6 is 15.9 Å². The van der Waals surface area contributed by atoms with Crippen molar-refractivity contribution in [3.05, 3.63) is 134 Å². The maximum absolute atomic E-state index is 13.1. The molecule has 0 spiro atoms. The fourth-order valence-corrected chi connectivity index (χ4v) is 5.14. The van der Waals surface area contributed by atoms with Crippen LogP contribution in [0.5, 0.6) is 0 Å². The monoisotopic (exact) mass is 578 g/mol. The molecule has 0 radical (unpaired) electrons. The van der Waals surface area contributed by atoms with Gasteiger partial charge in [0.2, 0.25) is 0 Å². The van der Waals surface area contributed by atoms with E-state index in [9.17, 15) is 14.7 Å². The first-order valence-corrected chi connectivity index (χ1v) is 13.4. The van der Waals surface area contributed by atoms with E-state index in [0.717, 1.165) is 43.3 Å². The first-order chi connectivity index (χ1) is 18.7. The molecule has 39 heavy (non-hydrogen) atoms. The summed E-state index contributed by atoms with van der Waals surface area (Å²) >= 11 is 3.45. The van der Waals surface area contributed by atoms with Crippen LogP contribution in [-0.4, -0.2) is 21.6 Å². The number of rotatable bonds is 7. The summed E-state index contributed by atoms with van der Waals surface area (Å²) in [5.41, 5.74) is 13.1. The van der Waals surface area contributed by atoms with Crippen LogP contribution in [-0.2, 0) is 11.3 Å². The average Bonchev–Trinajstić information content (AvgIpc) is 3.18. The first kappa shape index (κ1) is 26.3. The van der Waals surface area contributed by atoms with Gasteiger partial charge < -0.3 is 15.0 Å². The largest absolute Gasteiger partial charge is 0.477 e. The second kappa shape index (κ2) is 10.8. The summed E-state index contributed by atoms with van der Waals surface area (Å²) in [6.45, 7) is 6.81. The second-order valence-corrected chi connectivity index (χ2v) is 10.6. The number of carboxylic acid groups (broad SMARTS) is 1. The van der Waals surface area contributed by atoms with E-state index in [-0.39, 0.29) is 17.5 Å². The van der Waals surface area contributed by atoms with Crippen LogP contribution in [0.4, 0.5) is 0 Å². The van der Waals surface area contributed by atoms with Crippen molar-refractivity contribution in [2.45, 2.75) is 33.4 Å². The number of nitrogens with one attached hydrogen (secondary N) is 1. The Morgan fingerprint density at radius 3 is 2.44 bits per heavy atom. The van der Waals surface area contributed by atoms with Gasteiger partial charge in [0.15, 0.2) is 0 Å². The van der Waals surface area contributed by atoms with Crippen molar-refractivity contribution in [2.75, 3.05) is 0 Å². The van der Waals surface area contributed by atoms with Crippen LogP contribution in [0.15, 0.2) is 100 Å². The molecular formula is C33H27BrN2O3. The molecule has 1 aromatic heterocycles. The Hall–Kier alpha value is -4.34. The molecule has 5 nitrogen and oxygen atoms in total. The van der Waals surface area contributed by atoms with E-state index in [2.05, 4.69) is 51.1 Å². The van der Waals surface area contributed by atoms with E-state index >= 15 is 0 Å². The van der Waals surface area contributed by atoms with Gasteiger partial charge in [0.25, 0.3) is 5.91 Å². The molecule has 1 heterocycles. The highest BCUT2D eigenvalue weighted by atomic mass is 79.9. The number of hydrogen-bond donors (Lipinski definition) is 2. The zero-order valence-corrected chi connectivity index (χ0v) is 23.5. The SMILES string of the molecule is Cc1c(C)n(Cc2ccc(C3=CC=C=C=C3C(=O)O)cc2)c2ccc(C(=O)NC(C)c3ccc(Br)cc3)cc12. The number of aliphatic carboxylic acids is 1. The normalized spacial score (nSPS) is 13.2. The molecule has 1 aliphatic rings. The number of benzene rings is 3. The van der Waals surface area contributed by atoms with Gasteiger partial charge in [-0.3, -0.25) is 4.79 Å². The van der Waals surface area contributed by atoms with Crippen LogP contribution in [0.2, 0.25) is 0 Å². The highest BCUT2D eigenvalue weighted by molar-refractivity contribution is 9.10. The van der Waals surface area contributed by atoms with Gasteiger partial charge in [0.05, 0.1) is 6.04 Å². The third-order valence-electron chi connectivity index (χ3n) is 7.24. The Bertz CT molecular complexity index is 1750. The third kappa shape index (κ3) is 5.32. The lowest BCUT2D eigenvalue weighted by atomic mass is 9.95. The molecule has 3 aromatic carbocycles. The van der Waals surface area contributed by atoms with E-state index in [1.807, 2.05) is 73.7 Å². The van der Waals surface area contributed by atoms with E-state index < -0.39 is 5.97 Å². The minimum Gasteiger partial charge on any atom is -0.477 e. The van der Waals surface area contributed by atoms with Crippen LogP contribution < -0.4 is 5.32 Å². The Morgan fingerprint density at radius 1 is 1.03 bits per heavy atom. The summed E-state index contributed by atoms with van der Waals surface area (Å²) in [7, 11) is 0. The van der Waals surface area contributed by atoms with Crippen molar-refractivity contribution < 1.29 is 14.7 Å². The minimum absolute atomic E-state index is 0.107. The molecular weight excluding hydrogens is 552 g/mol. The Morgan fingerprint density at radius 2 is 1.74 bits per heavy atom. The average molecular weight is 579 g/mol. The lowest BCUT2D eigenvalue weighted by Gasteiger charge is -2.15. The van der Waals surface area contributed by atoms with Gasteiger partial charge in [-0.1, -0.05) is 63.8 Å². The standard InChI is InChI=1S/C33H27BrN2O3/c1-20-22(3)36(19-23-8-10-25(11-9-23)28-6-4-5-7-29(28)33(38)39)31-17-14-26(18-30(20)31)32(37)35-21(2)24-12-15-27(34)16-13-24/h4,6,8-18,21H,19H2,1-3H3,(H,35,37)(H,38,39). The number of amides is 1. The van der Waals surface area contributed by atoms with E-state index in [0.29, 0.717) is 17.7 Å². The number of carboxylic acids is 1. The summed E-state index contributed by atoms with van der Waals surface area (Å²) in [5.74, 6) is -1.13. The summed E-state index contributed by atoms with van der Waals surface area (Å²) in [4.78, 5) is 24.7.